The van der Waals surface area contributed by atoms with Gasteiger partial charge in [-0.15, -0.1) is 0 Å². The molecule has 1 N–H and O–H groups in total. The fourth-order valence-corrected chi connectivity index (χ4v) is 3.21. The lowest BCUT2D eigenvalue weighted by Gasteiger charge is -2.09. The number of nitrogens with zero attached hydrogens (tertiary/aromatic N) is 2. The van der Waals surface area contributed by atoms with Gasteiger partial charge in [-0.25, -0.2) is 23.1 Å². The molecule has 0 radical (unpaired) electrons. The number of benzene rings is 1. The van der Waals surface area contributed by atoms with Crippen LogP contribution in [0.4, 0.5) is 5.95 Å². The summed E-state index contributed by atoms with van der Waals surface area (Å²) in [7, 11) is -3.73. The molecule has 0 aliphatic heterocycles. The molecule has 0 saturated heterocycles. The maximum Gasteiger partial charge on any atom is 0.264 e. The fraction of sp³-hybridized carbons (Fsp3) is 0.231. The second kappa shape index (κ2) is 5.38. The Balaban J connectivity index is 2.40. The fourth-order valence-electron chi connectivity index (χ4n) is 1.84. The minimum atomic E-state index is -3.73. The molecule has 2 rings (SSSR count). The predicted octanol–water partition coefficient (Wildman–Crippen LogP) is 2.86. The average Bonchev–Trinajstić information content (AvgIpc) is 2.25. The van der Waals surface area contributed by atoms with Crippen LogP contribution >= 0.6 is 11.6 Å². The summed E-state index contributed by atoms with van der Waals surface area (Å²) in [5.41, 5.74) is 2.32. The van der Waals surface area contributed by atoms with Gasteiger partial charge in [0.1, 0.15) is 5.15 Å². The van der Waals surface area contributed by atoms with E-state index in [0.29, 0.717) is 5.69 Å². The second-order valence-electron chi connectivity index (χ2n) is 4.58. The maximum absolute atomic E-state index is 12.3. The molecule has 0 spiro atoms. The first-order chi connectivity index (χ1) is 9.26. The van der Waals surface area contributed by atoms with Gasteiger partial charge in [-0.05, 0) is 50.1 Å². The van der Waals surface area contributed by atoms with E-state index in [4.69, 9.17) is 11.6 Å². The zero-order chi connectivity index (χ0) is 14.9. The molecule has 0 bridgehead atoms. The topological polar surface area (TPSA) is 72.0 Å². The van der Waals surface area contributed by atoms with E-state index in [-0.39, 0.29) is 16.0 Å². The van der Waals surface area contributed by atoms with Gasteiger partial charge in [0.05, 0.1) is 4.90 Å². The van der Waals surface area contributed by atoms with E-state index < -0.39 is 10.0 Å². The van der Waals surface area contributed by atoms with E-state index in [2.05, 4.69) is 14.7 Å². The third kappa shape index (κ3) is 3.46. The van der Waals surface area contributed by atoms with Crippen LogP contribution in [0.2, 0.25) is 5.15 Å². The first-order valence-electron chi connectivity index (χ1n) is 5.88. The van der Waals surface area contributed by atoms with Crippen LogP contribution in [0.1, 0.15) is 16.8 Å². The Morgan fingerprint density at radius 3 is 2.15 bits per heavy atom. The van der Waals surface area contributed by atoms with E-state index in [0.717, 1.165) is 11.1 Å². The van der Waals surface area contributed by atoms with Gasteiger partial charge in [0, 0.05) is 5.69 Å². The highest BCUT2D eigenvalue weighted by Gasteiger charge is 2.17. The molecule has 0 aliphatic carbocycles. The Labute approximate surface area is 123 Å². The summed E-state index contributed by atoms with van der Waals surface area (Å²) in [6.45, 7) is 5.39. The zero-order valence-corrected chi connectivity index (χ0v) is 12.9. The van der Waals surface area contributed by atoms with E-state index in [1.54, 1.807) is 25.1 Å². The third-order valence-corrected chi connectivity index (χ3v) is 4.06. The predicted molar refractivity (Wildman–Crippen MR) is 78.5 cm³/mol. The van der Waals surface area contributed by atoms with Crippen molar-refractivity contribution in [1.82, 2.24) is 9.97 Å². The molecular formula is C13H14ClN3O2S. The molecule has 0 amide bonds. The first kappa shape index (κ1) is 14.7. The van der Waals surface area contributed by atoms with Gasteiger partial charge in [0.15, 0.2) is 0 Å². The van der Waals surface area contributed by atoms with Crippen molar-refractivity contribution in [2.45, 2.75) is 25.7 Å². The van der Waals surface area contributed by atoms with Crippen molar-refractivity contribution in [3.8, 4) is 0 Å². The van der Waals surface area contributed by atoms with Crippen LogP contribution in [0.3, 0.4) is 0 Å². The lowest BCUT2D eigenvalue weighted by Crippen LogP contribution is -2.15. The number of nitrogens with one attached hydrogen (secondary N) is 1. The monoisotopic (exact) mass is 311 g/mol. The summed E-state index contributed by atoms with van der Waals surface area (Å²) in [4.78, 5) is 8.03. The number of hydrogen-bond acceptors (Lipinski definition) is 4. The van der Waals surface area contributed by atoms with Crippen LogP contribution in [0.25, 0.3) is 0 Å². The maximum atomic E-state index is 12.3. The Kier molecular flexibility index (Phi) is 3.96. The Morgan fingerprint density at radius 2 is 1.60 bits per heavy atom. The van der Waals surface area contributed by atoms with Crippen LogP contribution in [-0.4, -0.2) is 18.4 Å². The SMILES string of the molecule is Cc1cc(C)cc(S(=O)(=O)Nc2nc(C)cc(Cl)n2)c1. The van der Waals surface area contributed by atoms with Crippen molar-refractivity contribution in [1.29, 1.82) is 0 Å². The Morgan fingerprint density at radius 1 is 1.00 bits per heavy atom. The van der Waals surface area contributed by atoms with Gasteiger partial charge in [-0.3, -0.25) is 0 Å². The average molecular weight is 312 g/mol. The lowest BCUT2D eigenvalue weighted by atomic mass is 10.2. The molecule has 1 aromatic carbocycles. The highest BCUT2D eigenvalue weighted by Crippen LogP contribution is 2.18. The van der Waals surface area contributed by atoms with Crippen molar-refractivity contribution in [3.63, 3.8) is 0 Å². The first-order valence-corrected chi connectivity index (χ1v) is 7.75. The molecule has 1 heterocycles. The van der Waals surface area contributed by atoms with Crippen molar-refractivity contribution < 1.29 is 8.42 Å². The van der Waals surface area contributed by atoms with Crippen molar-refractivity contribution in [3.05, 3.63) is 46.2 Å². The van der Waals surface area contributed by atoms with Gasteiger partial charge >= 0.3 is 0 Å². The smallest absolute Gasteiger partial charge is 0.247 e. The number of rotatable bonds is 3. The van der Waals surface area contributed by atoms with Crippen molar-refractivity contribution >= 4 is 27.6 Å². The van der Waals surface area contributed by atoms with Gasteiger partial charge < -0.3 is 0 Å². The third-order valence-electron chi connectivity index (χ3n) is 2.55. The summed E-state index contributed by atoms with van der Waals surface area (Å²) < 4.78 is 26.9. The van der Waals surface area contributed by atoms with E-state index in [9.17, 15) is 8.42 Å². The summed E-state index contributed by atoms with van der Waals surface area (Å²) in [6.07, 6.45) is 0. The molecule has 0 aliphatic rings. The summed E-state index contributed by atoms with van der Waals surface area (Å²) in [6, 6.07) is 6.63. The molecule has 2 aromatic rings. The van der Waals surface area contributed by atoms with E-state index in [1.807, 2.05) is 19.9 Å². The van der Waals surface area contributed by atoms with Crippen LogP contribution in [0, 0.1) is 20.8 Å². The molecule has 106 valence electrons. The minimum absolute atomic E-state index is 0.0332. The van der Waals surface area contributed by atoms with Gasteiger partial charge in [-0.1, -0.05) is 17.7 Å². The molecule has 20 heavy (non-hydrogen) atoms. The van der Waals surface area contributed by atoms with E-state index in [1.165, 1.54) is 0 Å². The van der Waals surface area contributed by atoms with Crippen LogP contribution < -0.4 is 4.72 Å². The van der Waals surface area contributed by atoms with Crippen molar-refractivity contribution in [2.75, 3.05) is 4.72 Å². The lowest BCUT2D eigenvalue weighted by molar-refractivity contribution is 0.600. The number of hydrogen-bond donors (Lipinski definition) is 1. The number of anilines is 1. The highest BCUT2D eigenvalue weighted by molar-refractivity contribution is 7.92. The standard InChI is InChI=1S/C13H14ClN3O2S/c1-8-4-9(2)6-11(5-8)20(18,19)17-13-15-10(3)7-12(14)16-13/h4-7H,1-3H3,(H,15,16,17). The van der Waals surface area contributed by atoms with Gasteiger partial charge in [-0.2, -0.15) is 0 Å². The molecule has 0 fully saturated rings. The molecule has 1 aromatic heterocycles. The quantitative estimate of drug-likeness (QED) is 0.885. The zero-order valence-electron chi connectivity index (χ0n) is 11.3. The van der Waals surface area contributed by atoms with Gasteiger partial charge in [0.2, 0.25) is 5.95 Å². The largest absolute Gasteiger partial charge is 0.264 e. The number of aromatic nitrogens is 2. The van der Waals surface area contributed by atoms with Crippen LogP contribution in [0.5, 0.6) is 0 Å². The molecular weight excluding hydrogens is 298 g/mol. The van der Waals surface area contributed by atoms with E-state index >= 15 is 0 Å². The van der Waals surface area contributed by atoms with Gasteiger partial charge in [0.25, 0.3) is 10.0 Å². The Bertz CT molecular complexity index is 720. The molecule has 0 saturated carbocycles. The summed E-state index contributed by atoms with van der Waals surface area (Å²) >= 11 is 5.79. The molecule has 0 unspecified atom stereocenters. The highest BCUT2D eigenvalue weighted by atomic mass is 35.5. The molecule has 0 atom stereocenters. The summed E-state index contributed by atoms with van der Waals surface area (Å²) in [5, 5.41) is 0.190. The molecule has 5 nitrogen and oxygen atoms in total. The minimum Gasteiger partial charge on any atom is -0.247 e. The van der Waals surface area contributed by atoms with Crippen LogP contribution in [0.15, 0.2) is 29.2 Å². The number of aryl methyl sites for hydroxylation is 3. The number of halogens is 1. The summed E-state index contributed by atoms with van der Waals surface area (Å²) in [5.74, 6) is -0.0332. The normalized spacial score (nSPS) is 11.4. The Hall–Kier alpha value is -1.66. The number of sulfonamides is 1. The van der Waals surface area contributed by atoms with Crippen LogP contribution in [-0.2, 0) is 10.0 Å². The second-order valence-corrected chi connectivity index (χ2v) is 6.65. The van der Waals surface area contributed by atoms with Crippen molar-refractivity contribution in [2.24, 2.45) is 0 Å². The molecule has 7 heteroatoms.